The van der Waals surface area contributed by atoms with Crippen LogP contribution >= 0.6 is 11.3 Å². The number of aromatic nitrogens is 1. The monoisotopic (exact) mass is 434 g/mol. The fraction of sp³-hybridized carbons (Fsp3) is 0.174. The fourth-order valence-corrected chi connectivity index (χ4v) is 3.97. The third-order valence-electron chi connectivity index (χ3n) is 4.53. The molecule has 31 heavy (non-hydrogen) atoms. The Labute approximate surface area is 183 Å². The molecular formula is C23H22N4O3S. The van der Waals surface area contributed by atoms with E-state index in [1.54, 1.807) is 32.4 Å². The second-order valence-electron chi connectivity index (χ2n) is 6.49. The van der Waals surface area contributed by atoms with Crippen LogP contribution in [-0.2, 0) is 17.9 Å². The molecule has 0 aliphatic carbocycles. The smallest absolute Gasteiger partial charge is 0.270 e. The predicted octanol–water partition coefficient (Wildman–Crippen LogP) is 1.78. The minimum atomic E-state index is -0.524. The molecule has 7 nitrogen and oxygen atoms in total. The van der Waals surface area contributed by atoms with E-state index in [-0.39, 0.29) is 17.7 Å². The third-order valence-corrected chi connectivity index (χ3v) is 5.66. The SMILES string of the molecule is CCn1c(=O)/c(=C\Nc2ccccc2)s/c1=C(/C#N)C(=O)NCc1ccc(OC)cc1. The number of thiazole rings is 1. The molecular weight excluding hydrogens is 412 g/mol. The molecule has 0 unspecified atom stereocenters. The number of nitrogens with one attached hydrogen (secondary N) is 2. The van der Waals surface area contributed by atoms with E-state index >= 15 is 0 Å². The van der Waals surface area contributed by atoms with Crippen molar-refractivity contribution in [1.29, 1.82) is 5.26 Å². The summed E-state index contributed by atoms with van der Waals surface area (Å²) in [5.74, 6) is 0.196. The summed E-state index contributed by atoms with van der Waals surface area (Å²) in [6.45, 7) is 2.40. The number of hydrogen-bond donors (Lipinski definition) is 2. The van der Waals surface area contributed by atoms with Gasteiger partial charge >= 0.3 is 0 Å². The number of amides is 1. The molecule has 1 aromatic heterocycles. The lowest BCUT2D eigenvalue weighted by atomic mass is 10.2. The van der Waals surface area contributed by atoms with Crippen LogP contribution in [-0.4, -0.2) is 17.6 Å². The van der Waals surface area contributed by atoms with Crippen molar-refractivity contribution in [2.45, 2.75) is 20.0 Å². The van der Waals surface area contributed by atoms with Crippen molar-refractivity contribution < 1.29 is 9.53 Å². The van der Waals surface area contributed by atoms with E-state index in [0.717, 1.165) is 28.3 Å². The number of rotatable bonds is 7. The summed E-state index contributed by atoms with van der Waals surface area (Å²) in [6.07, 6.45) is 1.60. The molecule has 0 aliphatic heterocycles. The number of nitrogens with zero attached hydrogens (tertiary/aromatic N) is 2. The van der Waals surface area contributed by atoms with Crippen molar-refractivity contribution in [3.63, 3.8) is 0 Å². The van der Waals surface area contributed by atoms with Crippen molar-refractivity contribution in [1.82, 2.24) is 9.88 Å². The number of ether oxygens (including phenoxy) is 1. The fourth-order valence-electron chi connectivity index (χ4n) is 2.89. The van der Waals surface area contributed by atoms with Crippen molar-refractivity contribution in [2.75, 3.05) is 12.4 Å². The molecule has 3 aromatic rings. The van der Waals surface area contributed by atoms with Crippen molar-refractivity contribution in [3.8, 4) is 11.8 Å². The van der Waals surface area contributed by atoms with E-state index in [9.17, 15) is 14.9 Å². The minimum Gasteiger partial charge on any atom is -0.497 e. The lowest BCUT2D eigenvalue weighted by Crippen LogP contribution is -2.34. The molecule has 1 amide bonds. The van der Waals surface area contributed by atoms with E-state index in [1.807, 2.05) is 48.5 Å². The summed E-state index contributed by atoms with van der Waals surface area (Å²) >= 11 is 1.11. The first-order valence-electron chi connectivity index (χ1n) is 9.64. The van der Waals surface area contributed by atoms with Gasteiger partial charge in [-0.3, -0.25) is 14.2 Å². The van der Waals surface area contributed by atoms with E-state index in [0.29, 0.717) is 15.7 Å². The van der Waals surface area contributed by atoms with Gasteiger partial charge in [0.05, 0.1) is 7.11 Å². The van der Waals surface area contributed by atoms with Crippen LogP contribution in [0.5, 0.6) is 5.75 Å². The number of nitriles is 1. The van der Waals surface area contributed by atoms with Gasteiger partial charge in [-0.1, -0.05) is 30.3 Å². The summed E-state index contributed by atoms with van der Waals surface area (Å²) in [5, 5.41) is 15.5. The highest BCUT2D eigenvalue weighted by atomic mass is 32.1. The molecule has 0 spiro atoms. The lowest BCUT2D eigenvalue weighted by molar-refractivity contribution is -0.115. The zero-order chi connectivity index (χ0) is 22.2. The Hall–Kier alpha value is -3.83. The first kappa shape index (κ1) is 21.9. The Kier molecular flexibility index (Phi) is 7.25. The van der Waals surface area contributed by atoms with Gasteiger partial charge in [0.25, 0.3) is 11.5 Å². The van der Waals surface area contributed by atoms with Gasteiger partial charge in [-0.15, -0.1) is 11.3 Å². The Morgan fingerprint density at radius 1 is 1.19 bits per heavy atom. The van der Waals surface area contributed by atoms with Crippen LogP contribution in [0.4, 0.5) is 5.69 Å². The van der Waals surface area contributed by atoms with E-state index in [2.05, 4.69) is 10.6 Å². The van der Waals surface area contributed by atoms with Crippen LogP contribution in [0.25, 0.3) is 11.8 Å². The number of para-hydroxylation sites is 1. The van der Waals surface area contributed by atoms with Crippen molar-refractivity contribution in [3.05, 3.63) is 79.7 Å². The molecule has 2 aromatic carbocycles. The molecule has 158 valence electrons. The Balaban J connectivity index is 1.90. The van der Waals surface area contributed by atoms with Crippen LogP contribution in [0.2, 0.25) is 0 Å². The average molecular weight is 435 g/mol. The largest absolute Gasteiger partial charge is 0.497 e. The van der Waals surface area contributed by atoms with Crippen LogP contribution in [0.1, 0.15) is 12.5 Å². The summed E-state index contributed by atoms with van der Waals surface area (Å²) in [6, 6.07) is 18.6. The van der Waals surface area contributed by atoms with Crippen molar-refractivity contribution >= 4 is 34.7 Å². The summed E-state index contributed by atoms with van der Waals surface area (Å²) in [7, 11) is 1.58. The maximum atomic E-state index is 12.8. The average Bonchev–Trinajstić information content (AvgIpc) is 3.12. The molecule has 0 radical (unpaired) electrons. The van der Waals surface area contributed by atoms with Crippen LogP contribution in [0.15, 0.2) is 59.4 Å². The summed E-state index contributed by atoms with van der Waals surface area (Å²) < 4.78 is 7.31. The van der Waals surface area contributed by atoms with Crippen LogP contribution < -0.4 is 30.1 Å². The molecule has 0 fully saturated rings. The summed E-state index contributed by atoms with van der Waals surface area (Å²) in [4.78, 5) is 25.5. The molecule has 0 bridgehead atoms. The maximum Gasteiger partial charge on any atom is 0.270 e. The highest BCUT2D eigenvalue weighted by molar-refractivity contribution is 7.07. The molecule has 0 atom stereocenters. The Morgan fingerprint density at radius 2 is 1.90 bits per heavy atom. The molecule has 2 N–H and O–H groups in total. The van der Waals surface area contributed by atoms with E-state index in [4.69, 9.17) is 4.74 Å². The number of carbonyl (C=O) groups is 1. The minimum absolute atomic E-state index is 0.0863. The molecule has 0 aliphatic rings. The highest BCUT2D eigenvalue weighted by Crippen LogP contribution is 2.11. The topological polar surface area (TPSA) is 96.2 Å². The summed E-state index contributed by atoms with van der Waals surface area (Å²) in [5.41, 5.74) is 1.37. The van der Waals surface area contributed by atoms with Gasteiger partial charge in [0, 0.05) is 25.0 Å². The third kappa shape index (κ3) is 5.21. The van der Waals surface area contributed by atoms with Gasteiger partial charge in [0.2, 0.25) is 0 Å². The molecule has 0 saturated carbocycles. The number of methoxy groups -OCH3 is 1. The standard InChI is InChI=1S/C23H22N4O3S/c1-3-27-22(29)20(15-25-17-7-5-4-6-8-17)31-23(27)19(13-24)21(28)26-14-16-9-11-18(30-2)12-10-16/h4-12,15,25H,3,14H2,1-2H3,(H,26,28)/b20-15+,23-19-. The first-order chi connectivity index (χ1) is 15.1. The molecule has 1 heterocycles. The maximum absolute atomic E-state index is 12.8. The first-order valence-corrected chi connectivity index (χ1v) is 10.5. The second kappa shape index (κ2) is 10.3. The lowest BCUT2D eigenvalue weighted by Gasteiger charge is -2.06. The van der Waals surface area contributed by atoms with Gasteiger partial charge in [0.15, 0.2) is 5.57 Å². The normalized spacial score (nSPS) is 12.1. The number of benzene rings is 2. The van der Waals surface area contributed by atoms with Gasteiger partial charge < -0.3 is 15.4 Å². The second-order valence-corrected chi connectivity index (χ2v) is 7.52. The van der Waals surface area contributed by atoms with Gasteiger partial charge in [0.1, 0.15) is 21.0 Å². The molecule has 3 rings (SSSR count). The molecule has 0 saturated heterocycles. The van der Waals surface area contributed by atoms with Crippen LogP contribution in [0.3, 0.4) is 0 Å². The van der Waals surface area contributed by atoms with Crippen molar-refractivity contribution in [2.24, 2.45) is 0 Å². The molecule has 8 heteroatoms. The predicted molar refractivity (Wildman–Crippen MR) is 122 cm³/mol. The number of carbonyl (C=O) groups excluding carboxylic acids is 1. The van der Waals surface area contributed by atoms with E-state index in [1.165, 1.54) is 4.57 Å². The Morgan fingerprint density at radius 3 is 2.52 bits per heavy atom. The zero-order valence-corrected chi connectivity index (χ0v) is 18.0. The van der Waals surface area contributed by atoms with Crippen LogP contribution in [0, 0.1) is 11.3 Å². The Bertz CT molecular complexity index is 1270. The van der Waals surface area contributed by atoms with Gasteiger partial charge in [-0.2, -0.15) is 5.26 Å². The quantitative estimate of drug-likeness (QED) is 0.591. The zero-order valence-electron chi connectivity index (χ0n) is 17.2. The van der Waals surface area contributed by atoms with E-state index < -0.39 is 5.91 Å². The van der Waals surface area contributed by atoms with Gasteiger partial charge in [-0.25, -0.2) is 0 Å². The van der Waals surface area contributed by atoms with Gasteiger partial charge in [-0.05, 0) is 36.8 Å². The number of hydrogen-bond acceptors (Lipinski definition) is 6. The number of anilines is 1. The highest BCUT2D eigenvalue weighted by Gasteiger charge is 2.15.